The van der Waals surface area contributed by atoms with E-state index in [1.54, 1.807) is 6.08 Å². The van der Waals surface area contributed by atoms with Crippen LogP contribution in [0.1, 0.15) is 66.2 Å². The first-order chi connectivity index (χ1) is 17.5. The van der Waals surface area contributed by atoms with Gasteiger partial charge in [0.05, 0.1) is 19.3 Å². The first-order valence-electron chi connectivity index (χ1n) is 14.0. The molecule has 8 aliphatic rings. The minimum Gasteiger partial charge on any atom is -0.469 e. The molecule has 9 atom stereocenters. The van der Waals surface area contributed by atoms with Crippen LogP contribution in [0, 0.1) is 34.0 Å². The monoisotopic (exact) mass is 512 g/mol. The standard InChI is InChI=1S/C30H40O7/c1-7-13-33-20-11-8-17-15-26(3,4)21-23(32)30-29-19(28(21,12-14-34-30)24(17)35-20)10-9-18(16(2)22(29)31)25(29)36-27(5,6)37-30/h7,18-21,23,25,32H,1-2,8-15H2,3-6H3/t18-,19-,20-,21+,23-,25+,28-,29-,30-/m0/s1. The first kappa shape index (κ1) is 24.5. The summed E-state index contributed by atoms with van der Waals surface area (Å²) < 4.78 is 32.9. The van der Waals surface area contributed by atoms with E-state index in [0.29, 0.717) is 25.2 Å². The third-order valence-corrected chi connectivity index (χ3v) is 10.9. The molecule has 202 valence electrons. The number of Topliss-reactive ketones (excluding diaryl/α,β-unsaturated/α-hetero) is 1. The normalized spacial score (nSPS) is 50.5. The second-order valence-electron chi connectivity index (χ2n) is 13.5. The molecule has 0 unspecified atom stereocenters. The average Bonchev–Trinajstić information content (AvgIpc) is 2.97. The number of fused-ring (bicyclic) bond motifs is 2. The van der Waals surface area contributed by atoms with Gasteiger partial charge in [0.2, 0.25) is 5.79 Å². The van der Waals surface area contributed by atoms with Crippen LogP contribution in [0.25, 0.3) is 0 Å². The molecule has 4 aliphatic heterocycles. The summed E-state index contributed by atoms with van der Waals surface area (Å²) in [6, 6.07) is 0. The fraction of sp³-hybridized carbons (Fsp3) is 0.767. The zero-order valence-electron chi connectivity index (χ0n) is 22.5. The van der Waals surface area contributed by atoms with Gasteiger partial charge in [-0.05, 0) is 68.4 Å². The minimum atomic E-state index is -1.49. The van der Waals surface area contributed by atoms with Crippen LogP contribution in [0.3, 0.4) is 0 Å². The highest BCUT2D eigenvalue weighted by molar-refractivity contribution is 6.05. The summed E-state index contributed by atoms with van der Waals surface area (Å²) >= 11 is 0. The number of hydrogen-bond donors (Lipinski definition) is 1. The Labute approximate surface area is 219 Å². The maximum absolute atomic E-state index is 14.5. The second kappa shape index (κ2) is 7.36. The summed E-state index contributed by atoms with van der Waals surface area (Å²) in [5, 5.41) is 12.6. The number of allylic oxidation sites excluding steroid dienone is 2. The van der Waals surface area contributed by atoms with Crippen molar-refractivity contribution in [1.82, 2.24) is 0 Å². The van der Waals surface area contributed by atoms with Crippen molar-refractivity contribution in [3.05, 3.63) is 36.1 Å². The fourth-order valence-electron chi connectivity index (χ4n) is 10.3. The van der Waals surface area contributed by atoms with E-state index in [4.69, 9.17) is 23.7 Å². The molecule has 3 saturated heterocycles. The number of ether oxygens (including phenoxy) is 5. The Morgan fingerprint density at radius 3 is 2.73 bits per heavy atom. The van der Waals surface area contributed by atoms with Gasteiger partial charge in [0.25, 0.3) is 0 Å². The minimum absolute atomic E-state index is 0.0555. The highest BCUT2D eigenvalue weighted by Gasteiger charge is 2.88. The summed E-state index contributed by atoms with van der Waals surface area (Å²) in [4.78, 5) is 14.5. The average molecular weight is 513 g/mol. The van der Waals surface area contributed by atoms with Crippen molar-refractivity contribution >= 4 is 5.78 Å². The lowest BCUT2D eigenvalue weighted by Crippen LogP contribution is -2.82. The van der Waals surface area contributed by atoms with Gasteiger partial charge in [-0.25, -0.2) is 0 Å². The Kier molecular flexibility index (Phi) is 4.88. The summed E-state index contributed by atoms with van der Waals surface area (Å²) in [6.07, 6.45) is 4.63. The molecule has 37 heavy (non-hydrogen) atoms. The summed E-state index contributed by atoms with van der Waals surface area (Å²) in [6.45, 7) is 17.1. The van der Waals surface area contributed by atoms with Crippen molar-refractivity contribution in [2.24, 2.45) is 34.0 Å². The fourth-order valence-corrected chi connectivity index (χ4v) is 10.3. The van der Waals surface area contributed by atoms with Crippen LogP contribution in [-0.2, 0) is 28.5 Å². The third-order valence-electron chi connectivity index (χ3n) is 10.9. The van der Waals surface area contributed by atoms with Gasteiger partial charge >= 0.3 is 0 Å². The van der Waals surface area contributed by atoms with E-state index in [1.807, 2.05) is 13.8 Å². The molecule has 4 heterocycles. The van der Waals surface area contributed by atoms with Gasteiger partial charge in [-0.15, -0.1) is 6.58 Å². The van der Waals surface area contributed by atoms with Crippen LogP contribution in [0.4, 0.5) is 0 Å². The van der Waals surface area contributed by atoms with Gasteiger partial charge in [0.15, 0.2) is 17.9 Å². The molecule has 0 aromatic heterocycles. The summed E-state index contributed by atoms with van der Waals surface area (Å²) in [5.41, 5.74) is -0.136. The van der Waals surface area contributed by atoms with Crippen molar-refractivity contribution in [1.29, 1.82) is 0 Å². The highest BCUT2D eigenvalue weighted by atomic mass is 16.8. The van der Waals surface area contributed by atoms with Crippen LogP contribution in [0.2, 0.25) is 0 Å². The Morgan fingerprint density at radius 2 is 1.97 bits per heavy atom. The lowest BCUT2D eigenvalue weighted by molar-refractivity contribution is -0.487. The SMILES string of the molecule is C=CCO[C@@H]1CCC2=C(O1)[C@@]13CCO[C@]4(OC(C)(C)O[C@@H]5[C@H]6CC[C@@H]1[C@]54C(=O)C6=C)[C@@H](O)[C@@H]3C(C)(C)C2. The number of ketones is 1. The highest BCUT2D eigenvalue weighted by Crippen LogP contribution is 2.79. The van der Waals surface area contributed by atoms with Crippen LogP contribution < -0.4 is 0 Å². The topological polar surface area (TPSA) is 83.5 Å². The van der Waals surface area contributed by atoms with E-state index in [0.717, 1.165) is 37.9 Å². The zero-order valence-corrected chi connectivity index (χ0v) is 22.5. The van der Waals surface area contributed by atoms with E-state index >= 15 is 0 Å². The maximum Gasteiger partial charge on any atom is 0.213 e. The number of aliphatic hydroxyl groups is 1. The maximum atomic E-state index is 14.5. The molecule has 6 fully saturated rings. The van der Waals surface area contributed by atoms with Gasteiger partial charge in [-0.1, -0.05) is 26.5 Å². The Balaban J connectivity index is 1.50. The van der Waals surface area contributed by atoms with Crippen molar-refractivity contribution in [2.75, 3.05) is 13.2 Å². The van der Waals surface area contributed by atoms with Crippen LogP contribution in [0.15, 0.2) is 36.1 Å². The van der Waals surface area contributed by atoms with Gasteiger partial charge in [0.1, 0.15) is 17.3 Å². The number of carbonyl (C=O) groups is 1. The van der Waals surface area contributed by atoms with Gasteiger partial charge in [0, 0.05) is 23.7 Å². The first-order valence-corrected chi connectivity index (χ1v) is 14.0. The molecular weight excluding hydrogens is 472 g/mol. The van der Waals surface area contributed by atoms with Gasteiger partial charge < -0.3 is 28.8 Å². The Hall–Kier alpha value is -1.51. The Morgan fingerprint density at radius 1 is 1.19 bits per heavy atom. The molecule has 3 saturated carbocycles. The molecule has 7 nitrogen and oxygen atoms in total. The van der Waals surface area contributed by atoms with Crippen LogP contribution in [-0.4, -0.2) is 54.2 Å². The lowest BCUT2D eigenvalue weighted by Gasteiger charge is -2.72. The number of carbonyl (C=O) groups excluding carboxylic acids is 1. The molecule has 4 aliphatic carbocycles. The molecule has 7 heteroatoms. The number of hydrogen-bond acceptors (Lipinski definition) is 7. The Bertz CT molecular complexity index is 1120. The molecule has 8 rings (SSSR count). The van der Waals surface area contributed by atoms with Gasteiger partial charge in [-0.3, -0.25) is 4.79 Å². The van der Waals surface area contributed by atoms with E-state index in [9.17, 15) is 9.90 Å². The molecule has 3 spiro atoms. The largest absolute Gasteiger partial charge is 0.469 e. The molecule has 4 bridgehead atoms. The molecule has 0 amide bonds. The quantitative estimate of drug-likeness (QED) is 0.443. The van der Waals surface area contributed by atoms with Crippen LogP contribution in [0.5, 0.6) is 0 Å². The summed E-state index contributed by atoms with van der Waals surface area (Å²) in [5.74, 6) is -2.12. The van der Waals surface area contributed by atoms with Gasteiger partial charge in [-0.2, -0.15) is 0 Å². The predicted octanol–water partition coefficient (Wildman–Crippen LogP) is 4.41. The number of aliphatic hydroxyl groups excluding tert-OH is 1. The van der Waals surface area contributed by atoms with Crippen molar-refractivity contribution in [3.8, 4) is 0 Å². The molecule has 0 aromatic rings. The van der Waals surface area contributed by atoms with E-state index in [2.05, 4.69) is 27.0 Å². The third kappa shape index (κ3) is 2.64. The molecule has 0 radical (unpaired) electrons. The lowest BCUT2D eigenvalue weighted by atomic mass is 9.37. The van der Waals surface area contributed by atoms with Crippen molar-refractivity contribution in [2.45, 2.75) is 96.3 Å². The smallest absolute Gasteiger partial charge is 0.213 e. The summed E-state index contributed by atoms with van der Waals surface area (Å²) in [7, 11) is 0. The van der Waals surface area contributed by atoms with Crippen molar-refractivity contribution in [3.63, 3.8) is 0 Å². The van der Waals surface area contributed by atoms with Crippen molar-refractivity contribution < 1.29 is 33.6 Å². The van der Waals surface area contributed by atoms with E-state index in [-0.39, 0.29) is 35.2 Å². The zero-order chi connectivity index (χ0) is 26.2. The molecular formula is C30H40O7. The van der Waals surface area contributed by atoms with Crippen LogP contribution >= 0.6 is 0 Å². The predicted molar refractivity (Wildman–Crippen MR) is 134 cm³/mol. The number of rotatable bonds is 3. The van der Waals surface area contributed by atoms with E-state index in [1.165, 1.54) is 5.57 Å². The second-order valence-corrected chi connectivity index (χ2v) is 13.5. The molecule has 0 aromatic carbocycles. The molecule has 1 N–H and O–H groups in total. The van der Waals surface area contributed by atoms with E-state index < -0.39 is 34.6 Å².